The van der Waals surface area contributed by atoms with Crippen LogP contribution in [-0.2, 0) is 4.79 Å². The molecule has 0 aliphatic carbocycles. The van der Waals surface area contributed by atoms with E-state index < -0.39 is 11.6 Å². The monoisotopic (exact) mass is 354 g/mol. The Morgan fingerprint density at radius 3 is 2.83 bits per heavy atom. The molecule has 0 aliphatic heterocycles. The van der Waals surface area contributed by atoms with Crippen molar-refractivity contribution in [3.63, 3.8) is 0 Å². The van der Waals surface area contributed by atoms with Gasteiger partial charge in [0.1, 0.15) is 5.52 Å². The number of carbonyl (C=O) groups excluding carboxylic acids is 1. The quantitative estimate of drug-likeness (QED) is 0.701. The van der Waals surface area contributed by atoms with Gasteiger partial charge in [-0.25, -0.2) is 13.8 Å². The molecule has 0 spiro atoms. The van der Waals surface area contributed by atoms with Crippen LogP contribution in [0.4, 0.5) is 14.5 Å². The first-order valence-electron chi connectivity index (χ1n) is 6.45. The van der Waals surface area contributed by atoms with Gasteiger partial charge in [-0.15, -0.1) is 0 Å². The molecule has 1 amide bonds. The molecule has 4 nitrogen and oxygen atoms in total. The van der Waals surface area contributed by atoms with Gasteiger partial charge >= 0.3 is 0 Å². The zero-order valence-electron chi connectivity index (χ0n) is 11.5. The molecule has 0 aliphatic rings. The first-order valence-corrected chi connectivity index (χ1v) is 7.81. The first kappa shape index (κ1) is 15.8. The fraction of sp³-hybridized carbons (Fsp3) is 0.0667. The number of hydrogen-bond acceptors (Lipinski definition) is 4. The third kappa shape index (κ3) is 3.80. The van der Waals surface area contributed by atoms with Crippen LogP contribution in [0.1, 0.15) is 0 Å². The summed E-state index contributed by atoms with van der Waals surface area (Å²) >= 11 is 6.95. The zero-order valence-corrected chi connectivity index (χ0v) is 13.0. The van der Waals surface area contributed by atoms with Gasteiger partial charge < -0.3 is 9.73 Å². The van der Waals surface area contributed by atoms with E-state index in [1.807, 2.05) is 0 Å². The van der Waals surface area contributed by atoms with E-state index in [1.54, 1.807) is 18.2 Å². The van der Waals surface area contributed by atoms with Crippen molar-refractivity contribution in [3.8, 4) is 0 Å². The van der Waals surface area contributed by atoms with Gasteiger partial charge in [-0.1, -0.05) is 23.4 Å². The zero-order chi connectivity index (χ0) is 16.4. The Bertz CT molecular complexity index is 885. The molecular formula is C15H9ClF2N2O2S. The number of fused-ring (bicyclic) bond motifs is 1. The minimum absolute atomic E-state index is 0.0134. The van der Waals surface area contributed by atoms with Crippen LogP contribution in [0.15, 0.2) is 46.0 Å². The number of anilines is 1. The van der Waals surface area contributed by atoms with Crippen molar-refractivity contribution in [2.24, 2.45) is 0 Å². The number of rotatable bonds is 4. The number of halogens is 3. The van der Waals surface area contributed by atoms with Crippen molar-refractivity contribution in [2.45, 2.75) is 5.22 Å². The van der Waals surface area contributed by atoms with Gasteiger partial charge in [0.05, 0.1) is 5.75 Å². The average molecular weight is 355 g/mol. The number of oxazole rings is 1. The summed E-state index contributed by atoms with van der Waals surface area (Å²) < 4.78 is 31.3. The molecule has 0 saturated carbocycles. The summed E-state index contributed by atoms with van der Waals surface area (Å²) in [6, 6.07) is 8.17. The van der Waals surface area contributed by atoms with Crippen molar-refractivity contribution in [3.05, 3.63) is 53.1 Å². The Balaban J connectivity index is 1.62. The smallest absolute Gasteiger partial charge is 0.257 e. The van der Waals surface area contributed by atoms with Gasteiger partial charge in [0.2, 0.25) is 5.91 Å². The normalized spacial score (nSPS) is 10.9. The minimum atomic E-state index is -1.02. The fourth-order valence-corrected chi connectivity index (χ4v) is 2.64. The van der Waals surface area contributed by atoms with E-state index in [-0.39, 0.29) is 17.3 Å². The lowest BCUT2D eigenvalue weighted by Crippen LogP contribution is -2.14. The Morgan fingerprint density at radius 2 is 2.04 bits per heavy atom. The summed E-state index contributed by atoms with van der Waals surface area (Å²) in [4.78, 5) is 16.0. The summed E-state index contributed by atoms with van der Waals surface area (Å²) in [5.74, 6) is -2.37. The van der Waals surface area contributed by atoms with Crippen molar-refractivity contribution in [2.75, 3.05) is 11.1 Å². The molecule has 23 heavy (non-hydrogen) atoms. The van der Waals surface area contributed by atoms with Crippen LogP contribution in [0.5, 0.6) is 0 Å². The van der Waals surface area contributed by atoms with E-state index in [1.165, 1.54) is 6.07 Å². The highest BCUT2D eigenvalue weighted by Crippen LogP contribution is 2.25. The number of carbonyl (C=O) groups is 1. The van der Waals surface area contributed by atoms with Gasteiger partial charge in [0.25, 0.3) is 5.22 Å². The topological polar surface area (TPSA) is 55.1 Å². The second-order valence-corrected chi connectivity index (χ2v) is 5.92. The van der Waals surface area contributed by atoms with E-state index in [2.05, 4.69) is 10.3 Å². The Kier molecular flexibility index (Phi) is 4.49. The second-order valence-electron chi connectivity index (χ2n) is 4.56. The highest BCUT2D eigenvalue weighted by molar-refractivity contribution is 7.99. The maximum Gasteiger partial charge on any atom is 0.257 e. The SMILES string of the molecule is O=C(CSc1nc2cc(Cl)ccc2o1)Nc1ccc(F)c(F)c1. The van der Waals surface area contributed by atoms with Crippen LogP contribution in [0.25, 0.3) is 11.1 Å². The predicted molar refractivity (Wildman–Crippen MR) is 84.7 cm³/mol. The molecule has 1 N–H and O–H groups in total. The van der Waals surface area contributed by atoms with Gasteiger partial charge in [0, 0.05) is 16.8 Å². The Morgan fingerprint density at radius 1 is 1.22 bits per heavy atom. The molecule has 0 unspecified atom stereocenters. The number of thioether (sulfide) groups is 1. The molecular weight excluding hydrogens is 346 g/mol. The fourth-order valence-electron chi connectivity index (χ4n) is 1.84. The average Bonchev–Trinajstić information content (AvgIpc) is 2.91. The summed E-state index contributed by atoms with van der Waals surface area (Å²) in [7, 11) is 0. The van der Waals surface area contributed by atoms with Crippen molar-refractivity contribution in [1.82, 2.24) is 4.98 Å². The molecule has 0 fully saturated rings. The molecule has 2 aromatic carbocycles. The third-order valence-electron chi connectivity index (χ3n) is 2.86. The molecule has 0 atom stereocenters. The predicted octanol–water partition coefficient (Wildman–Crippen LogP) is 4.49. The Labute approximate surface area is 138 Å². The summed E-state index contributed by atoms with van der Waals surface area (Å²) in [5, 5.41) is 3.33. The van der Waals surface area contributed by atoms with Crippen molar-refractivity contribution >= 4 is 46.1 Å². The van der Waals surface area contributed by atoms with Crippen LogP contribution >= 0.6 is 23.4 Å². The number of nitrogens with zero attached hydrogens (tertiary/aromatic N) is 1. The number of amides is 1. The van der Waals surface area contributed by atoms with Crippen LogP contribution in [0.2, 0.25) is 5.02 Å². The molecule has 118 valence electrons. The van der Waals surface area contributed by atoms with E-state index in [4.69, 9.17) is 16.0 Å². The van der Waals surface area contributed by atoms with E-state index >= 15 is 0 Å². The first-order chi connectivity index (χ1) is 11.0. The van der Waals surface area contributed by atoms with Crippen LogP contribution in [0.3, 0.4) is 0 Å². The van der Waals surface area contributed by atoms with Crippen molar-refractivity contribution < 1.29 is 18.0 Å². The van der Waals surface area contributed by atoms with Crippen molar-refractivity contribution in [1.29, 1.82) is 0 Å². The lowest BCUT2D eigenvalue weighted by atomic mass is 10.3. The summed E-state index contributed by atoms with van der Waals surface area (Å²) in [5.41, 5.74) is 1.35. The van der Waals surface area contributed by atoms with Gasteiger partial charge in [-0.2, -0.15) is 0 Å². The molecule has 1 heterocycles. The van der Waals surface area contributed by atoms with E-state index in [0.717, 1.165) is 23.9 Å². The van der Waals surface area contributed by atoms with Gasteiger partial charge in [-0.3, -0.25) is 4.79 Å². The second kappa shape index (κ2) is 6.55. The Hall–Kier alpha value is -2.12. The summed E-state index contributed by atoms with van der Waals surface area (Å²) in [6.45, 7) is 0. The highest BCUT2D eigenvalue weighted by Gasteiger charge is 2.11. The van der Waals surface area contributed by atoms with Gasteiger partial charge in [-0.05, 0) is 30.3 Å². The largest absolute Gasteiger partial charge is 0.431 e. The third-order valence-corrected chi connectivity index (χ3v) is 3.92. The lowest BCUT2D eigenvalue weighted by molar-refractivity contribution is -0.113. The molecule has 0 radical (unpaired) electrons. The maximum atomic E-state index is 13.1. The molecule has 1 aromatic heterocycles. The van der Waals surface area contributed by atoms with Crippen LogP contribution in [0, 0.1) is 11.6 Å². The number of nitrogens with one attached hydrogen (secondary N) is 1. The number of aromatic nitrogens is 1. The minimum Gasteiger partial charge on any atom is -0.431 e. The number of benzene rings is 2. The van der Waals surface area contributed by atoms with E-state index in [9.17, 15) is 13.6 Å². The standard InChI is InChI=1S/C15H9ClF2N2O2S/c16-8-1-4-13-12(5-8)20-15(22-13)23-7-14(21)19-9-2-3-10(17)11(18)6-9/h1-6H,7H2,(H,19,21). The van der Waals surface area contributed by atoms with Crippen LogP contribution in [-0.4, -0.2) is 16.6 Å². The molecule has 0 bridgehead atoms. The highest BCUT2D eigenvalue weighted by atomic mass is 35.5. The molecule has 3 rings (SSSR count). The maximum absolute atomic E-state index is 13.1. The van der Waals surface area contributed by atoms with E-state index in [0.29, 0.717) is 21.3 Å². The molecule has 8 heteroatoms. The lowest BCUT2D eigenvalue weighted by Gasteiger charge is -2.04. The number of hydrogen-bond donors (Lipinski definition) is 1. The van der Waals surface area contributed by atoms with Gasteiger partial charge in [0.15, 0.2) is 17.2 Å². The summed E-state index contributed by atoms with van der Waals surface area (Å²) in [6.07, 6.45) is 0. The molecule has 0 saturated heterocycles. The van der Waals surface area contributed by atoms with Crippen LogP contribution < -0.4 is 5.32 Å². The molecule has 3 aromatic rings.